The fourth-order valence-electron chi connectivity index (χ4n) is 3.74. The number of carbonyl (C=O) groups is 1. The second-order valence-corrected chi connectivity index (χ2v) is 8.25. The molecule has 1 atom stereocenters. The third-order valence-electron chi connectivity index (χ3n) is 5.32. The molecule has 0 spiro atoms. The molecule has 1 aliphatic rings. The van der Waals surface area contributed by atoms with Crippen molar-refractivity contribution in [3.05, 3.63) is 90.4 Å². The number of benzene rings is 2. The highest BCUT2D eigenvalue weighted by Gasteiger charge is 2.33. The molecule has 1 aromatic heterocycles. The summed E-state index contributed by atoms with van der Waals surface area (Å²) in [5.74, 6) is 0.0388. The zero-order chi connectivity index (χ0) is 23.7. The van der Waals surface area contributed by atoms with E-state index in [1.54, 1.807) is 43.3 Å². The summed E-state index contributed by atoms with van der Waals surface area (Å²) < 4.78 is 30.9. The van der Waals surface area contributed by atoms with Crippen LogP contribution in [0.1, 0.15) is 24.1 Å². The lowest BCUT2D eigenvalue weighted by Crippen LogP contribution is -2.39. The van der Waals surface area contributed by atoms with E-state index in [9.17, 15) is 14.0 Å². The summed E-state index contributed by atoms with van der Waals surface area (Å²) in [6.07, 6.45) is 1.67. The minimum atomic E-state index is -0.774. The van der Waals surface area contributed by atoms with E-state index in [-0.39, 0.29) is 16.9 Å². The fraction of sp³-hybridized carbons (Fsp3) is 0.208. The van der Waals surface area contributed by atoms with Gasteiger partial charge in [-0.05, 0) is 48.4 Å². The number of carbonyl (C=O) groups excluding carboxylic acids is 1. The quantitative estimate of drug-likeness (QED) is 0.538. The van der Waals surface area contributed by atoms with Gasteiger partial charge in [0.05, 0.1) is 43.2 Å². The standard InChI is InChI=1S/C24H21FN2O5S/c1-13-20(23(29)32-4)21(15-7-10-17(30-2)18(12-15)31-3)27-22(28)19(33-24(27)26-13)11-14-5-8-16(25)9-6-14/h5-12,21H,1-4H3/b19-11+/t21-/m1/s1. The molecule has 33 heavy (non-hydrogen) atoms. The number of halogens is 1. The molecule has 0 aliphatic carbocycles. The van der Waals surface area contributed by atoms with Crippen LogP contribution in [0.5, 0.6) is 11.5 Å². The fourth-order valence-corrected chi connectivity index (χ4v) is 4.79. The van der Waals surface area contributed by atoms with Crippen molar-refractivity contribution in [3.8, 4) is 11.5 Å². The van der Waals surface area contributed by atoms with Crippen molar-refractivity contribution in [1.29, 1.82) is 0 Å². The van der Waals surface area contributed by atoms with Gasteiger partial charge in [-0.3, -0.25) is 9.36 Å². The first-order valence-corrected chi connectivity index (χ1v) is 10.8. The van der Waals surface area contributed by atoms with Crippen LogP contribution >= 0.6 is 11.3 Å². The van der Waals surface area contributed by atoms with E-state index in [2.05, 4.69) is 4.99 Å². The maximum absolute atomic E-state index is 13.5. The van der Waals surface area contributed by atoms with E-state index in [4.69, 9.17) is 14.2 Å². The minimum absolute atomic E-state index is 0.255. The molecule has 0 radical (unpaired) electrons. The van der Waals surface area contributed by atoms with Crippen molar-refractivity contribution in [3.63, 3.8) is 0 Å². The van der Waals surface area contributed by atoms with Crippen LogP contribution in [0.4, 0.5) is 4.39 Å². The van der Waals surface area contributed by atoms with Crippen LogP contribution in [-0.2, 0) is 9.53 Å². The van der Waals surface area contributed by atoms with E-state index in [0.29, 0.717) is 37.7 Å². The first-order valence-electron chi connectivity index (χ1n) is 9.96. The maximum atomic E-state index is 13.5. The van der Waals surface area contributed by atoms with E-state index < -0.39 is 12.0 Å². The topological polar surface area (TPSA) is 79.1 Å². The monoisotopic (exact) mass is 468 g/mol. The molecule has 0 unspecified atom stereocenters. The molecule has 4 rings (SSSR count). The first kappa shape index (κ1) is 22.5. The van der Waals surface area contributed by atoms with Gasteiger partial charge in [-0.15, -0.1) is 0 Å². The van der Waals surface area contributed by atoms with Crippen molar-refractivity contribution in [2.75, 3.05) is 21.3 Å². The molecule has 9 heteroatoms. The summed E-state index contributed by atoms with van der Waals surface area (Å²) in [4.78, 5) is 31.2. The van der Waals surface area contributed by atoms with Gasteiger partial charge in [0, 0.05) is 0 Å². The zero-order valence-corrected chi connectivity index (χ0v) is 19.2. The molecule has 0 N–H and O–H groups in total. The molecular weight excluding hydrogens is 447 g/mol. The number of nitrogens with zero attached hydrogens (tertiary/aromatic N) is 2. The molecule has 3 aromatic rings. The average molecular weight is 469 g/mol. The number of hydrogen-bond donors (Lipinski definition) is 0. The number of fused-ring (bicyclic) bond motifs is 1. The smallest absolute Gasteiger partial charge is 0.338 e. The Balaban J connectivity index is 1.97. The maximum Gasteiger partial charge on any atom is 0.338 e. The lowest BCUT2D eigenvalue weighted by molar-refractivity contribution is -0.136. The number of thiazole rings is 1. The molecule has 0 fully saturated rings. The Labute approximate surface area is 192 Å². The highest BCUT2D eigenvalue weighted by molar-refractivity contribution is 7.07. The van der Waals surface area contributed by atoms with Crippen molar-refractivity contribution in [2.24, 2.45) is 4.99 Å². The molecular formula is C24H21FN2O5S. The molecule has 0 saturated carbocycles. The largest absolute Gasteiger partial charge is 0.493 e. The van der Waals surface area contributed by atoms with Crippen LogP contribution in [0.3, 0.4) is 0 Å². The number of allylic oxidation sites excluding steroid dienone is 1. The number of methoxy groups -OCH3 is 3. The van der Waals surface area contributed by atoms with Crippen LogP contribution in [0.15, 0.2) is 63.5 Å². The van der Waals surface area contributed by atoms with E-state index >= 15 is 0 Å². The average Bonchev–Trinajstić information content (AvgIpc) is 3.13. The number of aromatic nitrogens is 1. The molecule has 2 aromatic carbocycles. The van der Waals surface area contributed by atoms with Crippen molar-refractivity contribution < 1.29 is 23.4 Å². The number of rotatable bonds is 5. The highest BCUT2D eigenvalue weighted by Crippen LogP contribution is 2.35. The Morgan fingerprint density at radius 1 is 1.09 bits per heavy atom. The van der Waals surface area contributed by atoms with Gasteiger partial charge in [0.15, 0.2) is 16.3 Å². The molecule has 7 nitrogen and oxygen atoms in total. The second kappa shape index (κ2) is 9.03. The summed E-state index contributed by atoms with van der Waals surface area (Å²) in [6.45, 7) is 1.71. The highest BCUT2D eigenvalue weighted by atomic mass is 32.1. The predicted molar refractivity (Wildman–Crippen MR) is 122 cm³/mol. The normalized spacial score (nSPS) is 15.7. The summed E-state index contributed by atoms with van der Waals surface area (Å²) >= 11 is 1.19. The molecule has 2 heterocycles. The van der Waals surface area contributed by atoms with Gasteiger partial charge < -0.3 is 14.2 Å². The number of hydrogen-bond acceptors (Lipinski definition) is 7. The van der Waals surface area contributed by atoms with Gasteiger partial charge >= 0.3 is 5.97 Å². The van der Waals surface area contributed by atoms with Crippen LogP contribution < -0.4 is 24.4 Å². The molecule has 0 amide bonds. The van der Waals surface area contributed by atoms with Crippen molar-refractivity contribution in [2.45, 2.75) is 13.0 Å². The van der Waals surface area contributed by atoms with E-state index in [1.807, 2.05) is 0 Å². The Morgan fingerprint density at radius 3 is 2.42 bits per heavy atom. The second-order valence-electron chi connectivity index (χ2n) is 7.24. The third kappa shape index (κ3) is 4.07. The summed E-state index contributed by atoms with van der Waals surface area (Å²) in [5.41, 5.74) is 1.70. The predicted octanol–water partition coefficient (Wildman–Crippen LogP) is 2.56. The van der Waals surface area contributed by atoms with Crippen LogP contribution in [-0.4, -0.2) is 31.9 Å². The van der Waals surface area contributed by atoms with Gasteiger partial charge in [-0.1, -0.05) is 29.5 Å². The summed E-state index contributed by atoms with van der Waals surface area (Å²) in [6, 6.07) is 10.3. The SMILES string of the molecule is COC(=O)C1=C(C)N=c2s/c(=C/c3ccc(F)cc3)c(=O)n2[C@@H]1c1ccc(OC)c(OC)c1. The summed E-state index contributed by atoms with van der Waals surface area (Å²) in [7, 11) is 4.33. The molecule has 0 saturated heterocycles. The summed E-state index contributed by atoms with van der Waals surface area (Å²) in [5, 5.41) is 0. The van der Waals surface area contributed by atoms with Gasteiger partial charge in [-0.2, -0.15) is 0 Å². The molecule has 1 aliphatic heterocycles. The lowest BCUT2D eigenvalue weighted by Gasteiger charge is -2.25. The minimum Gasteiger partial charge on any atom is -0.493 e. The van der Waals surface area contributed by atoms with E-state index in [1.165, 1.54) is 49.4 Å². The van der Waals surface area contributed by atoms with Gasteiger partial charge in [0.1, 0.15) is 5.82 Å². The zero-order valence-electron chi connectivity index (χ0n) is 18.4. The first-order chi connectivity index (χ1) is 15.9. The van der Waals surface area contributed by atoms with Gasteiger partial charge in [-0.25, -0.2) is 14.2 Å². The number of esters is 1. The molecule has 170 valence electrons. The Bertz CT molecular complexity index is 1440. The van der Waals surface area contributed by atoms with Crippen molar-refractivity contribution in [1.82, 2.24) is 4.57 Å². The Hall–Kier alpha value is -3.72. The Morgan fingerprint density at radius 2 is 1.79 bits per heavy atom. The Kier molecular flexibility index (Phi) is 6.15. The third-order valence-corrected chi connectivity index (χ3v) is 6.30. The lowest BCUT2D eigenvalue weighted by atomic mass is 9.95. The van der Waals surface area contributed by atoms with Crippen LogP contribution in [0.25, 0.3) is 6.08 Å². The van der Waals surface area contributed by atoms with Crippen molar-refractivity contribution >= 4 is 23.4 Å². The van der Waals surface area contributed by atoms with E-state index in [0.717, 1.165) is 0 Å². The molecule has 0 bridgehead atoms. The van der Waals surface area contributed by atoms with Crippen LogP contribution in [0, 0.1) is 5.82 Å². The number of ether oxygens (including phenoxy) is 3. The van der Waals surface area contributed by atoms with Gasteiger partial charge in [0.2, 0.25) is 0 Å². The van der Waals surface area contributed by atoms with Gasteiger partial charge in [0.25, 0.3) is 5.56 Å². The van der Waals surface area contributed by atoms with Crippen LogP contribution in [0.2, 0.25) is 0 Å².